The van der Waals surface area contributed by atoms with Crippen LogP contribution in [0.1, 0.15) is 11.6 Å². The number of hydrogen-bond acceptors (Lipinski definition) is 4. The molecule has 2 rings (SSSR count). The molecule has 0 bridgehead atoms. The van der Waals surface area contributed by atoms with Gasteiger partial charge in [-0.25, -0.2) is 10.6 Å². The molecule has 0 radical (unpaired) electrons. The van der Waals surface area contributed by atoms with Gasteiger partial charge in [0.15, 0.2) is 0 Å². The van der Waals surface area contributed by atoms with Crippen LogP contribution in [0.5, 0.6) is 5.75 Å². The Kier molecular flexibility index (Phi) is 2.49. The van der Waals surface area contributed by atoms with Gasteiger partial charge in [0.2, 0.25) is 0 Å². The van der Waals surface area contributed by atoms with E-state index in [2.05, 4.69) is 5.32 Å². The number of nitrogens with two attached hydrogens (primary N) is 1. The number of benzene rings is 1. The molecule has 1 aliphatic heterocycles. The summed E-state index contributed by atoms with van der Waals surface area (Å²) in [4.78, 5) is 22.7. The van der Waals surface area contributed by atoms with Crippen LogP contribution in [0, 0.1) is 0 Å². The molecule has 1 atom stereocenters. The predicted molar refractivity (Wildman–Crippen MR) is 55.3 cm³/mol. The second kappa shape index (κ2) is 3.82. The van der Waals surface area contributed by atoms with Gasteiger partial charge >= 0.3 is 6.03 Å². The molecule has 1 aliphatic rings. The minimum Gasteiger partial charge on any atom is -0.497 e. The van der Waals surface area contributed by atoms with E-state index in [0.29, 0.717) is 16.3 Å². The summed E-state index contributed by atoms with van der Waals surface area (Å²) in [5.74, 6) is 5.48. The molecule has 0 spiro atoms. The number of ether oxygens (including phenoxy) is 1. The Bertz CT molecular complexity index is 429. The molecule has 6 heteroatoms. The third-order valence-corrected chi connectivity index (χ3v) is 2.42. The largest absolute Gasteiger partial charge is 0.497 e. The number of amides is 3. The number of imide groups is 1. The Hall–Kier alpha value is -2.08. The van der Waals surface area contributed by atoms with E-state index in [1.54, 1.807) is 31.4 Å². The quantitative estimate of drug-likeness (QED) is 0.423. The first-order valence-corrected chi connectivity index (χ1v) is 4.66. The van der Waals surface area contributed by atoms with Gasteiger partial charge in [-0.2, -0.15) is 5.01 Å². The van der Waals surface area contributed by atoms with Gasteiger partial charge < -0.3 is 10.1 Å². The van der Waals surface area contributed by atoms with E-state index >= 15 is 0 Å². The van der Waals surface area contributed by atoms with Gasteiger partial charge in [-0.15, -0.1) is 0 Å². The van der Waals surface area contributed by atoms with Crippen molar-refractivity contribution < 1.29 is 14.3 Å². The van der Waals surface area contributed by atoms with E-state index in [9.17, 15) is 9.59 Å². The summed E-state index contributed by atoms with van der Waals surface area (Å²) in [5, 5.41) is 3.06. The van der Waals surface area contributed by atoms with Gasteiger partial charge in [-0.3, -0.25) is 4.79 Å². The molecule has 84 valence electrons. The zero-order valence-corrected chi connectivity index (χ0v) is 8.64. The molecule has 1 saturated heterocycles. The van der Waals surface area contributed by atoms with Crippen LogP contribution in [-0.4, -0.2) is 24.1 Å². The predicted octanol–water partition coefficient (Wildman–Crippen LogP) is 0.162. The zero-order chi connectivity index (χ0) is 11.7. The van der Waals surface area contributed by atoms with Crippen molar-refractivity contribution in [2.24, 2.45) is 5.84 Å². The van der Waals surface area contributed by atoms with Crippen molar-refractivity contribution in [1.82, 2.24) is 10.3 Å². The fourth-order valence-electron chi connectivity index (χ4n) is 1.52. The van der Waals surface area contributed by atoms with Crippen LogP contribution < -0.4 is 15.9 Å². The van der Waals surface area contributed by atoms with E-state index in [0.717, 1.165) is 0 Å². The average Bonchev–Trinajstić information content (AvgIpc) is 2.57. The molecule has 6 nitrogen and oxygen atoms in total. The minimum absolute atomic E-state index is 0.463. The third kappa shape index (κ3) is 1.59. The molecule has 0 saturated carbocycles. The van der Waals surface area contributed by atoms with Crippen molar-refractivity contribution in [1.29, 1.82) is 0 Å². The number of nitrogens with one attached hydrogen (secondary N) is 1. The smallest absolute Gasteiger partial charge is 0.339 e. The first-order valence-electron chi connectivity index (χ1n) is 4.66. The monoisotopic (exact) mass is 221 g/mol. The van der Waals surface area contributed by atoms with Crippen LogP contribution in [0.15, 0.2) is 24.3 Å². The second-order valence-electron chi connectivity index (χ2n) is 3.36. The summed E-state index contributed by atoms with van der Waals surface area (Å²) in [6.07, 6.45) is 0. The number of nitrogens with zero attached hydrogens (tertiary/aromatic N) is 1. The molecule has 0 aromatic heterocycles. The lowest BCUT2D eigenvalue weighted by Gasteiger charge is -2.08. The highest BCUT2D eigenvalue weighted by Crippen LogP contribution is 2.22. The van der Waals surface area contributed by atoms with Crippen LogP contribution in [0.3, 0.4) is 0 Å². The standard InChI is InChI=1S/C10H11N3O3/c1-16-7-4-2-6(3-5-7)8-9(14)13(11)10(15)12-8/h2-5,8H,11H2,1H3,(H,12,15)/t8-/m0/s1. The molecule has 0 aliphatic carbocycles. The summed E-state index contributed by atoms with van der Waals surface area (Å²) in [6, 6.07) is 5.55. The molecular formula is C10H11N3O3. The average molecular weight is 221 g/mol. The fourth-order valence-corrected chi connectivity index (χ4v) is 1.52. The maximum absolute atomic E-state index is 11.6. The van der Waals surface area contributed by atoms with E-state index in [-0.39, 0.29) is 0 Å². The van der Waals surface area contributed by atoms with E-state index < -0.39 is 18.0 Å². The Morgan fingerprint density at radius 3 is 2.38 bits per heavy atom. The Labute approximate surface area is 91.9 Å². The van der Waals surface area contributed by atoms with Gasteiger partial charge in [0, 0.05) is 0 Å². The summed E-state index contributed by atoms with van der Waals surface area (Å²) in [6.45, 7) is 0. The Balaban J connectivity index is 2.25. The summed E-state index contributed by atoms with van der Waals surface area (Å²) >= 11 is 0. The van der Waals surface area contributed by atoms with Crippen LogP contribution in [0.25, 0.3) is 0 Å². The number of methoxy groups -OCH3 is 1. The number of carbonyl (C=O) groups is 2. The highest BCUT2D eigenvalue weighted by molar-refractivity contribution is 6.03. The van der Waals surface area contributed by atoms with Crippen LogP contribution in [0.4, 0.5) is 4.79 Å². The molecule has 0 unspecified atom stereocenters. The van der Waals surface area contributed by atoms with Crippen molar-refractivity contribution >= 4 is 11.9 Å². The minimum atomic E-state index is -0.705. The molecule has 3 N–H and O–H groups in total. The fraction of sp³-hybridized carbons (Fsp3) is 0.200. The van der Waals surface area contributed by atoms with Gasteiger partial charge in [-0.05, 0) is 17.7 Å². The molecule has 1 aromatic rings. The number of urea groups is 1. The highest BCUT2D eigenvalue weighted by Gasteiger charge is 2.37. The number of hydrazine groups is 1. The van der Waals surface area contributed by atoms with Crippen molar-refractivity contribution in [2.45, 2.75) is 6.04 Å². The van der Waals surface area contributed by atoms with E-state index in [1.807, 2.05) is 0 Å². The first-order chi connectivity index (χ1) is 7.63. The summed E-state index contributed by atoms with van der Waals surface area (Å²) < 4.78 is 4.99. The van der Waals surface area contributed by atoms with Crippen LogP contribution in [0.2, 0.25) is 0 Å². The maximum atomic E-state index is 11.6. The van der Waals surface area contributed by atoms with Crippen LogP contribution in [-0.2, 0) is 4.79 Å². The van der Waals surface area contributed by atoms with Gasteiger partial charge in [0.25, 0.3) is 5.91 Å². The molecular weight excluding hydrogens is 210 g/mol. The number of hydrogen-bond donors (Lipinski definition) is 2. The van der Waals surface area contributed by atoms with E-state index in [1.165, 1.54) is 0 Å². The topological polar surface area (TPSA) is 84.7 Å². The Morgan fingerprint density at radius 1 is 1.31 bits per heavy atom. The SMILES string of the molecule is COc1ccc([C@@H]2NC(=O)N(N)C2=O)cc1. The molecule has 1 aromatic carbocycles. The number of rotatable bonds is 2. The first kappa shape index (κ1) is 10.4. The normalized spacial score (nSPS) is 19.9. The summed E-state index contributed by atoms with van der Waals surface area (Å²) in [7, 11) is 1.55. The van der Waals surface area contributed by atoms with Crippen molar-refractivity contribution in [3.8, 4) is 5.75 Å². The van der Waals surface area contributed by atoms with Crippen molar-refractivity contribution in [2.75, 3.05) is 7.11 Å². The zero-order valence-electron chi connectivity index (χ0n) is 8.64. The lowest BCUT2D eigenvalue weighted by molar-refractivity contribution is -0.127. The molecule has 1 fully saturated rings. The van der Waals surface area contributed by atoms with E-state index in [4.69, 9.17) is 10.6 Å². The lowest BCUT2D eigenvalue weighted by Crippen LogP contribution is -2.37. The third-order valence-electron chi connectivity index (χ3n) is 2.42. The summed E-state index contributed by atoms with van der Waals surface area (Å²) in [5.41, 5.74) is 0.673. The lowest BCUT2D eigenvalue weighted by atomic mass is 10.1. The van der Waals surface area contributed by atoms with Gasteiger partial charge in [0.05, 0.1) is 7.11 Å². The second-order valence-corrected chi connectivity index (χ2v) is 3.36. The highest BCUT2D eigenvalue weighted by atomic mass is 16.5. The van der Waals surface area contributed by atoms with Crippen molar-refractivity contribution in [3.63, 3.8) is 0 Å². The number of carbonyl (C=O) groups excluding carboxylic acids is 2. The maximum Gasteiger partial charge on any atom is 0.339 e. The Morgan fingerprint density at radius 2 is 1.94 bits per heavy atom. The molecule has 16 heavy (non-hydrogen) atoms. The van der Waals surface area contributed by atoms with Crippen LogP contribution >= 0.6 is 0 Å². The van der Waals surface area contributed by atoms with Crippen molar-refractivity contribution in [3.05, 3.63) is 29.8 Å². The van der Waals surface area contributed by atoms with Gasteiger partial charge in [-0.1, -0.05) is 12.1 Å². The molecule has 1 heterocycles. The van der Waals surface area contributed by atoms with Gasteiger partial charge in [0.1, 0.15) is 11.8 Å². The molecule has 3 amide bonds.